The summed E-state index contributed by atoms with van der Waals surface area (Å²) in [5.41, 5.74) is 0.153. The minimum Gasteiger partial charge on any atom is -0.493 e. The second-order valence-electron chi connectivity index (χ2n) is 5.66. The maximum Gasteiger partial charge on any atom is 0.162 e. The molecule has 1 aliphatic heterocycles. The van der Waals surface area contributed by atoms with Crippen LogP contribution in [0.2, 0.25) is 0 Å². The van der Waals surface area contributed by atoms with Crippen LogP contribution in [-0.4, -0.2) is 34.2 Å². The molecule has 2 rings (SSSR count). The highest BCUT2D eigenvalue weighted by Gasteiger charge is 2.40. The molecular formula is C14H24N2O3. The van der Waals surface area contributed by atoms with Crippen molar-refractivity contribution in [2.75, 3.05) is 13.7 Å². The van der Waals surface area contributed by atoms with E-state index < -0.39 is 11.7 Å². The lowest BCUT2D eigenvalue weighted by Crippen LogP contribution is -2.40. The number of hydrogen-bond donors (Lipinski definition) is 1. The molecule has 2 atom stereocenters. The van der Waals surface area contributed by atoms with Gasteiger partial charge in [-0.15, -0.1) is 0 Å². The Balaban J connectivity index is 2.36. The van der Waals surface area contributed by atoms with Gasteiger partial charge in [0.05, 0.1) is 18.9 Å². The molecule has 1 aromatic heterocycles. The Hall–Kier alpha value is -1.07. The van der Waals surface area contributed by atoms with Gasteiger partial charge in [0.25, 0.3) is 0 Å². The van der Waals surface area contributed by atoms with Crippen LogP contribution < -0.4 is 4.74 Å². The summed E-state index contributed by atoms with van der Waals surface area (Å²) >= 11 is 0. The maximum absolute atomic E-state index is 10.8. The number of aromatic nitrogens is 2. The van der Waals surface area contributed by atoms with Gasteiger partial charge in [-0.1, -0.05) is 0 Å². The van der Waals surface area contributed by atoms with Gasteiger partial charge < -0.3 is 14.6 Å². The Labute approximate surface area is 114 Å². The minimum atomic E-state index is -0.729. The van der Waals surface area contributed by atoms with Crippen LogP contribution in [0, 0.1) is 0 Å². The molecule has 2 unspecified atom stereocenters. The summed E-state index contributed by atoms with van der Waals surface area (Å²) < 4.78 is 13.0. The van der Waals surface area contributed by atoms with E-state index in [1.165, 1.54) is 0 Å². The molecule has 5 nitrogen and oxygen atoms in total. The van der Waals surface area contributed by atoms with Crippen molar-refractivity contribution in [1.82, 2.24) is 9.78 Å². The molecule has 1 saturated heterocycles. The molecule has 0 aromatic carbocycles. The van der Waals surface area contributed by atoms with E-state index in [4.69, 9.17) is 9.47 Å². The van der Waals surface area contributed by atoms with E-state index in [-0.39, 0.29) is 6.04 Å². The molecule has 0 saturated carbocycles. The highest BCUT2D eigenvalue weighted by Crippen LogP contribution is 2.40. The van der Waals surface area contributed by atoms with Crippen molar-refractivity contribution in [3.05, 3.63) is 11.9 Å². The van der Waals surface area contributed by atoms with Crippen molar-refractivity contribution < 1.29 is 14.6 Å². The normalized spacial score (nSPS) is 25.6. The molecule has 19 heavy (non-hydrogen) atoms. The number of hydrogen-bond acceptors (Lipinski definition) is 4. The standard InChI is InChI=1S/C14H24N2O3/c1-10(2)16-12(11(18-4)9-15-16)13(17)14(3)7-5-6-8-19-14/h9-10,13,17H,5-8H2,1-4H3. The molecule has 5 heteroatoms. The van der Waals surface area contributed by atoms with Gasteiger partial charge in [-0.25, -0.2) is 0 Å². The Bertz CT molecular complexity index is 422. The van der Waals surface area contributed by atoms with E-state index >= 15 is 0 Å². The van der Waals surface area contributed by atoms with Gasteiger partial charge >= 0.3 is 0 Å². The zero-order valence-electron chi connectivity index (χ0n) is 12.2. The molecule has 1 aliphatic rings. The fraction of sp³-hybridized carbons (Fsp3) is 0.786. The lowest BCUT2D eigenvalue weighted by molar-refractivity contribution is -0.141. The van der Waals surface area contributed by atoms with Crippen LogP contribution in [-0.2, 0) is 4.74 Å². The molecule has 108 valence electrons. The first-order valence-corrected chi connectivity index (χ1v) is 6.93. The summed E-state index contributed by atoms with van der Waals surface area (Å²) in [6, 6.07) is 0.167. The van der Waals surface area contributed by atoms with Crippen molar-refractivity contribution >= 4 is 0 Å². The highest BCUT2D eigenvalue weighted by molar-refractivity contribution is 5.29. The number of ether oxygens (including phenoxy) is 2. The predicted molar refractivity (Wildman–Crippen MR) is 72.3 cm³/mol. The van der Waals surface area contributed by atoms with E-state index in [0.29, 0.717) is 18.1 Å². The molecule has 0 bridgehead atoms. The first kappa shape index (κ1) is 14.3. The van der Waals surface area contributed by atoms with Crippen LogP contribution in [0.15, 0.2) is 6.20 Å². The quantitative estimate of drug-likeness (QED) is 0.911. The molecule has 0 amide bonds. The molecule has 0 radical (unpaired) electrons. The van der Waals surface area contributed by atoms with Crippen molar-refractivity contribution in [3.8, 4) is 5.75 Å². The van der Waals surface area contributed by atoms with Crippen LogP contribution in [0.1, 0.15) is 57.9 Å². The SMILES string of the molecule is COc1cnn(C(C)C)c1C(O)C1(C)CCCCO1. The average Bonchev–Trinajstić information content (AvgIpc) is 2.82. The van der Waals surface area contributed by atoms with E-state index in [1.807, 2.05) is 25.5 Å². The van der Waals surface area contributed by atoms with Gasteiger partial charge in [-0.2, -0.15) is 5.10 Å². The second kappa shape index (κ2) is 5.51. The minimum absolute atomic E-state index is 0.167. The number of aliphatic hydroxyl groups is 1. The molecule has 2 heterocycles. The smallest absolute Gasteiger partial charge is 0.162 e. The Kier molecular flexibility index (Phi) is 4.16. The monoisotopic (exact) mass is 268 g/mol. The van der Waals surface area contributed by atoms with Gasteiger partial charge in [0.2, 0.25) is 0 Å². The van der Waals surface area contributed by atoms with Crippen molar-refractivity contribution in [2.45, 2.75) is 57.8 Å². The van der Waals surface area contributed by atoms with E-state index in [2.05, 4.69) is 5.10 Å². The lowest BCUT2D eigenvalue weighted by Gasteiger charge is -2.38. The fourth-order valence-corrected chi connectivity index (χ4v) is 2.65. The molecule has 1 N–H and O–H groups in total. The van der Waals surface area contributed by atoms with Gasteiger partial charge in [-0.05, 0) is 40.0 Å². The van der Waals surface area contributed by atoms with Gasteiger partial charge in [0.15, 0.2) is 5.75 Å². The predicted octanol–water partition coefficient (Wildman–Crippen LogP) is 2.47. The third kappa shape index (κ3) is 2.62. The first-order chi connectivity index (χ1) is 8.99. The van der Waals surface area contributed by atoms with Crippen molar-refractivity contribution in [1.29, 1.82) is 0 Å². The Morgan fingerprint density at radius 3 is 2.74 bits per heavy atom. The third-order valence-corrected chi connectivity index (χ3v) is 3.84. The fourth-order valence-electron chi connectivity index (χ4n) is 2.65. The summed E-state index contributed by atoms with van der Waals surface area (Å²) in [5.74, 6) is 0.622. The van der Waals surface area contributed by atoms with Crippen LogP contribution in [0.25, 0.3) is 0 Å². The number of rotatable bonds is 4. The van der Waals surface area contributed by atoms with Crippen LogP contribution >= 0.6 is 0 Å². The summed E-state index contributed by atoms with van der Waals surface area (Å²) in [6.07, 6.45) is 3.91. The van der Waals surface area contributed by atoms with Crippen molar-refractivity contribution in [3.63, 3.8) is 0 Å². The summed E-state index contributed by atoms with van der Waals surface area (Å²) in [5, 5.41) is 15.1. The maximum atomic E-state index is 10.8. The largest absolute Gasteiger partial charge is 0.493 e. The third-order valence-electron chi connectivity index (χ3n) is 3.84. The van der Waals surface area contributed by atoms with Crippen LogP contribution in [0.4, 0.5) is 0 Å². The van der Waals surface area contributed by atoms with Crippen molar-refractivity contribution in [2.24, 2.45) is 0 Å². The Morgan fingerprint density at radius 2 is 2.21 bits per heavy atom. The highest BCUT2D eigenvalue weighted by atomic mass is 16.5. The average molecular weight is 268 g/mol. The Morgan fingerprint density at radius 1 is 1.47 bits per heavy atom. The molecular weight excluding hydrogens is 244 g/mol. The lowest BCUT2D eigenvalue weighted by atomic mass is 9.88. The number of nitrogens with zero attached hydrogens (tertiary/aromatic N) is 2. The summed E-state index contributed by atoms with van der Waals surface area (Å²) in [7, 11) is 1.60. The van der Waals surface area contributed by atoms with Gasteiger partial charge in [0, 0.05) is 12.6 Å². The molecule has 1 fully saturated rings. The van der Waals surface area contributed by atoms with Crippen LogP contribution in [0.5, 0.6) is 5.75 Å². The van der Waals surface area contributed by atoms with E-state index in [9.17, 15) is 5.11 Å². The molecule has 0 aliphatic carbocycles. The summed E-state index contributed by atoms with van der Waals surface area (Å²) in [4.78, 5) is 0. The molecule has 1 aromatic rings. The summed E-state index contributed by atoms with van der Waals surface area (Å²) in [6.45, 7) is 6.74. The topological polar surface area (TPSA) is 56.5 Å². The first-order valence-electron chi connectivity index (χ1n) is 6.93. The number of aliphatic hydroxyl groups excluding tert-OH is 1. The van der Waals surface area contributed by atoms with Gasteiger partial charge in [-0.3, -0.25) is 4.68 Å². The zero-order chi connectivity index (χ0) is 14.0. The van der Waals surface area contributed by atoms with E-state index in [1.54, 1.807) is 13.3 Å². The van der Waals surface area contributed by atoms with Crippen LogP contribution in [0.3, 0.4) is 0 Å². The van der Waals surface area contributed by atoms with Gasteiger partial charge in [0.1, 0.15) is 11.8 Å². The zero-order valence-corrected chi connectivity index (χ0v) is 12.2. The van der Waals surface area contributed by atoms with E-state index in [0.717, 1.165) is 19.3 Å². The second-order valence-corrected chi connectivity index (χ2v) is 5.66. The molecule has 0 spiro atoms. The number of methoxy groups -OCH3 is 1.